The van der Waals surface area contributed by atoms with Crippen LogP contribution < -0.4 is 10.6 Å². The number of para-hydroxylation sites is 1. The molecule has 2 rings (SSSR count). The summed E-state index contributed by atoms with van der Waals surface area (Å²) in [7, 11) is 0. The first-order valence-electron chi connectivity index (χ1n) is 6.21. The van der Waals surface area contributed by atoms with Crippen molar-refractivity contribution in [2.24, 2.45) is 0 Å². The van der Waals surface area contributed by atoms with Gasteiger partial charge in [-0.2, -0.15) is 4.98 Å². The van der Waals surface area contributed by atoms with Crippen molar-refractivity contribution < 1.29 is 13.7 Å². The molecule has 0 radical (unpaired) electrons. The fourth-order valence-electron chi connectivity index (χ4n) is 1.74. The smallest absolute Gasteiger partial charge is 0.253 e. The van der Waals surface area contributed by atoms with Crippen LogP contribution in [0.25, 0.3) is 0 Å². The van der Waals surface area contributed by atoms with Gasteiger partial charge >= 0.3 is 0 Å². The minimum Gasteiger partial charge on any atom is -0.382 e. The lowest BCUT2D eigenvalue weighted by molar-refractivity contribution is 0.0950. The summed E-state index contributed by atoms with van der Waals surface area (Å²) in [6, 6.07) is 4.35. The predicted octanol–water partition coefficient (Wildman–Crippen LogP) is 1.88. The minimum absolute atomic E-state index is 0.123. The van der Waals surface area contributed by atoms with E-state index >= 15 is 0 Å². The summed E-state index contributed by atoms with van der Waals surface area (Å²) >= 11 is 0. The van der Waals surface area contributed by atoms with Crippen LogP contribution >= 0.6 is 0 Å². The fourth-order valence-corrected chi connectivity index (χ4v) is 1.74. The molecule has 0 spiro atoms. The zero-order valence-electron chi connectivity index (χ0n) is 11.2. The van der Waals surface area contributed by atoms with Crippen LogP contribution in [-0.2, 0) is 6.54 Å². The van der Waals surface area contributed by atoms with Crippen molar-refractivity contribution in [3.05, 3.63) is 41.3 Å². The van der Waals surface area contributed by atoms with Crippen LogP contribution in [0, 0.1) is 12.7 Å². The Labute approximate surface area is 115 Å². The summed E-state index contributed by atoms with van der Waals surface area (Å²) in [4.78, 5) is 16.0. The van der Waals surface area contributed by atoms with Gasteiger partial charge in [-0.05, 0) is 19.1 Å². The molecule has 6 nitrogen and oxygen atoms in total. The minimum atomic E-state index is -0.463. The molecule has 1 aromatic heterocycles. The van der Waals surface area contributed by atoms with Crippen LogP contribution in [0.4, 0.5) is 10.1 Å². The molecule has 106 valence electrons. The number of rotatable bonds is 5. The van der Waals surface area contributed by atoms with Crippen LogP contribution in [0.2, 0.25) is 0 Å². The average Bonchev–Trinajstić information content (AvgIpc) is 2.84. The van der Waals surface area contributed by atoms with Gasteiger partial charge in [-0.3, -0.25) is 4.79 Å². The molecule has 0 bridgehead atoms. The Kier molecular flexibility index (Phi) is 4.29. The molecule has 0 aliphatic heterocycles. The van der Waals surface area contributed by atoms with Crippen molar-refractivity contribution in [3.8, 4) is 0 Å². The highest BCUT2D eigenvalue weighted by molar-refractivity contribution is 5.99. The van der Waals surface area contributed by atoms with E-state index in [4.69, 9.17) is 4.52 Å². The monoisotopic (exact) mass is 278 g/mol. The van der Waals surface area contributed by atoms with Gasteiger partial charge in [-0.1, -0.05) is 11.2 Å². The zero-order valence-corrected chi connectivity index (χ0v) is 11.2. The standard InChI is InChI=1S/C13H15FN4O2/c1-3-15-12-9(5-4-6-10(12)14)13(19)16-7-11-17-8(2)20-18-11/h4-6,15H,3,7H2,1-2H3,(H,16,19). The molecular formula is C13H15FN4O2. The average molecular weight is 278 g/mol. The zero-order chi connectivity index (χ0) is 14.5. The number of benzene rings is 1. The largest absolute Gasteiger partial charge is 0.382 e. The molecule has 0 saturated carbocycles. The maximum absolute atomic E-state index is 13.7. The number of nitrogens with one attached hydrogen (secondary N) is 2. The molecular weight excluding hydrogens is 263 g/mol. The topological polar surface area (TPSA) is 80.0 Å². The summed E-state index contributed by atoms with van der Waals surface area (Å²) in [6.45, 7) is 4.13. The third kappa shape index (κ3) is 3.11. The number of halogens is 1. The Morgan fingerprint density at radius 3 is 2.90 bits per heavy atom. The summed E-state index contributed by atoms with van der Waals surface area (Å²) < 4.78 is 18.5. The summed E-state index contributed by atoms with van der Waals surface area (Å²) in [6.07, 6.45) is 0. The van der Waals surface area contributed by atoms with Gasteiger partial charge in [0.2, 0.25) is 5.89 Å². The second kappa shape index (κ2) is 6.14. The van der Waals surface area contributed by atoms with E-state index in [1.807, 2.05) is 6.92 Å². The number of anilines is 1. The lowest BCUT2D eigenvalue weighted by atomic mass is 10.1. The third-order valence-corrected chi connectivity index (χ3v) is 2.59. The molecule has 1 heterocycles. The lowest BCUT2D eigenvalue weighted by Crippen LogP contribution is -2.25. The molecule has 0 atom stereocenters. The first-order chi connectivity index (χ1) is 9.61. The molecule has 2 aromatic rings. The number of amides is 1. The second-order valence-corrected chi connectivity index (χ2v) is 4.11. The quantitative estimate of drug-likeness (QED) is 0.873. The van der Waals surface area contributed by atoms with Crippen LogP contribution in [-0.4, -0.2) is 22.6 Å². The molecule has 0 saturated heterocycles. The molecule has 7 heteroatoms. The van der Waals surface area contributed by atoms with Crippen molar-refractivity contribution >= 4 is 11.6 Å². The molecule has 1 aromatic carbocycles. The molecule has 0 unspecified atom stereocenters. The first-order valence-corrected chi connectivity index (χ1v) is 6.21. The van der Waals surface area contributed by atoms with Gasteiger partial charge in [0.15, 0.2) is 5.82 Å². The highest BCUT2D eigenvalue weighted by atomic mass is 19.1. The van der Waals surface area contributed by atoms with Gasteiger partial charge in [0, 0.05) is 13.5 Å². The van der Waals surface area contributed by atoms with Crippen molar-refractivity contribution in [1.29, 1.82) is 0 Å². The highest BCUT2D eigenvalue weighted by Crippen LogP contribution is 2.19. The van der Waals surface area contributed by atoms with Gasteiger partial charge in [0.1, 0.15) is 5.82 Å². The molecule has 0 aliphatic carbocycles. The normalized spacial score (nSPS) is 10.3. The maximum Gasteiger partial charge on any atom is 0.253 e. The summed E-state index contributed by atoms with van der Waals surface area (Å²) in [5.41, 5.74) is 0.434. The lowest BCUT2D eigenvalue weighted by Gasteiger charge is -2.11. The Hall–Kier alpha value is -2.44. The Balaban J connectivity index is 2.10. The van der Waals surface area contributed by atoms with E-state index < -0.39 is 11.7 Å². The van der Waals surface area contributed by atoms with E-state index in [1.54, 1.807) is 13.0 Å². The van der Waals surface area contributed by atoms with Gasteiger partial charge < -0.3 is 15.2 Å². The highest BCUT2D eigenvalue weighted by Gasteiger charge is 2.15. The first kappa shape index (κ1) is 14.0. The van der Waals surface area contributed by atoms with E-state index in [9.17, 15) is 9.18 Å². The van der Waals surface area contributed by atoms with Gasteiger partial charge in [-0.25, -0.2) is 4.39 Å². The van der Waals surface area contributed by atoms with Gasteiger partial charge in [0.25, 0.3) is 5.91 Å². The number of carbonyl (C=O) groups is 1. The Morgan fingerprint density at radius 1 is 1.45 bits per heavy atom. The van der Waals surface area contributed by atoms with Crippen LogP contribution in [0.1, 0.15) is 29.0 Å². The van der Waals surface area contributed by atoms with Gasteiger partial charge in [-0.15, -0.1) is 0 Å². The van der Waals surface area contributed by atoms with Crippen molar-refractivity contribution in [2.45, 2.75) is 20.4 Å². The number of nitrogens with zero attached hydrogens (tertiary/aromatic N) is 2. The number of hydrogen-bond donors (Lipinski definition) is 2. The van der Waals surface area contributed by atoms with Crippen molar-refractivity contribution in [3.63, 3.8) is 0 Å². The molecule has 20 heavy (non-hydrogen) atoms. The summed E-state index contributed by atoms with van der Waals surface area (Å²) in [5.74, 6) is -0.0663. The number of hydrogen-bond acceptors (Lipinski definition) is 5. The number of aryl methyl sites for hydroxylation is 1. The van der Waals surface area contributed by atoms with Gasteiger partial charge in [0.05, 0.1) is 17.8 Å². The van der Waals surface area contributed by atoms with Crippen LogP contribution in [0.5, 0.6) is 0 Å². The van der Waals surface area contributed by atoms with Crippen LogP contribution in [0.3, 0.4) is 0 Å². The predicted molar refractivity (Wildman–Crippen MR) is 70.8 cm³/mol. The third-order valence-electron chi connectivity index (χ3n) is 2.59. The number of aromatic nitrogens is 2. The molecule has 1 amide bonds. The summed E-state index contributed by atoms with van der Waals surface area (Å²) in [5, 5.41) is 9.13. The Bertz CT molecular complexity index is 612. The molecule has 0 aliphatic rings. The van der Waals surface area contributed by atoms with Crippen molar-refractivity contribution in [2.75, 3.05) is 11.9 Å². The maximum atomic E-state index is 13.7. The van der Waals surface area contributed by atoms with E-state index in [0.717, 1.165) is 0 Å². The van der Waals surface area contributed by atoms with Crippen molar-refractivity contribution in [1.82, 2.24) is 15.5 Å². The fraction of sp³-hybridized carbons (Fsp3) is 0.308. The van der Waals surface area contributed by atoms with E-state index in [2.05, 4.69) is 20.8 Å². The second-order valence-electron chi connectivity index (χ2n) is 4.11. The van der Waals surface area contributed by atoms with Crippen LogP contribution in [0.15, 0.2) is 22.7 Å². The molecule has 0 fully saturated rings. The SMILES string of the molecule is CCNc1c(F)cccc1C(=O)NCc1noc(C)n1. The van der Waals surface area contributed by atoms with E-state index in [1.165, 1.54) is 12.1 Å². The van der Waals surface area contributed by atoms with E-state index in [-0.39, 0.29) is 17.8 Å². The number of carbonyl (C=O) groups excluding carboxylic acids is 1. The van der Waals surface area contributed by atoms with E-state index in [0.29, 0.717) is 18.3 Å². The Morgan fingerprint density at radius 2 is 2.25 bits per heavy atom. The molecule has 2 N–H and O–H groups in total.